The van der Waals surface area contributed by atoms with Gasteiger partial charge in [0.05, 0.1) is 5.92 Å². The summed E-state index contributed by atoms with van der Waals surface area (Å²) in [6.45, 7) is 20.4. The molecule has 4 heteroatoms. The van der Waals surface area contributed by atoms with Crippen LogP contribution in [0.15, 0.2) is 60.2 Å². The second-order valence-electron chi connectivity index (χ2n) is 11.3. The minimum atomic E-state index is -0.00717. The Labute approximate surface area is 207 Å². The summed E-state index contributed by atoms with van der Waals surface area (Å²) in [5, 5.41) is 3.28. The van der Waals surface area contributed by atoms with Gasteiger partial charge in [-0.2, -0.15) is 0 Å². The normalized spacial score (nSPS) is 17.6. The van der Waals surface area contributed by atoms with E-state index < -0.39 is 0 Å². The Morgan fingerprint density at radius 2 is 1.44 bits per heavy atom. The quantitative estimate of drug-likeness (QED) is 0.470. The van der Waals surface area contributed by atoms with Gasteiger partial charge in [-0.1, -0.05) is 58.4 Å². The maximum absolute atomic E-state index is 12.6. The Morgan fingerprint density at radius 3 is 1.79 bits per heavy atom. The van der Waals surface area contributed by atoms with Crippen molar-refractivity contribution in [3.63, 3.8) is 0 Å². The lowest BCUT2D eigenvalue weighted by Gasteiger charge is -2.33. The van der Waals surface area contributed by atoms with E-state index in [1.165, 1.54) is 11.1 Å². The molecular formula is C30H44N2O2. The number of carbonyl (C=O) groups is 1. The highest BCUT2D eigenvalue weighted by Crippen LogP contribution is 2.35. The van der Waals surface area contributed by atoms with Crippen LogP contribution in [0.3, 0.4) is 0 Å². The summed E-state index contributed by atoms with van der Waals surface area (Å²) in [5.41, 5.74) is 3.88. The van der Waals surface area contributed by atoms with Crippen LogP contribution in [0, 0.1) is 11.8 Å². The van der Waals surface area contributed by atoms with Crippen molar-refractivity contribution in [2.75, 3.05) is 18.5 Å². The number of carbonyl (C=O) groups excluding carboxylic acids is 1. The van der Waals surface area contributed by atoms with Gasteiger partial charge in [-0.25, -0.2) is 0 Å². The Bertz CT molecular complexity index is 961. The Hall–Kier alpha value is -2.59. The van der Waals surface area contributed by atoms with Crippen molar-refractivity contribution in [3.05, 3.63) is 65.7 Å². The average Bonchev–Trinajstić information content (AvgIpc) is 2.76. The van der Waals surface area contributed by atoms with Gasteiger partial charge in [0.15, 0.2) is 0 Å². The molecule has 2 atom stereocenters. The minimum Gasteiger partial charge on any atom is -0.457 e. The van der Waals surface area contributed by atoms with Crippen LogP contribution in [0.1, 0.15) is 67.9 Å². The predicted molar refractivity (Wildman–Crippen MR) is 145 cm³/mol. The molecule has 1 N–H and O–H groups in total. The number of nitrogens with one attached hydrogen (secondary N) is 1. The summed E-state index contributed by atoms with van der Waals surface area (Å²) in [6.07, 6.45) is 2.06. The highest BCUT2D eigenvalue weighted by molar-refractivity contribution is 5.97. The van der Waals surface area contributed by atoms with E-state index in [0.717, 1.165) is 23.7 Å². The van der Waals surface area contributed by atoms with Gasteiger partial charge < -0.3 is 15.0 Å². The number of anilines is 1. The van der Waals surface area contributed by atoms with E-state index in [1.54, 1.807) is 4.90 Å². The maximum Gasteiger partial charge on any atom is 0.234 e. The van der Waals surface area contributed by atoms with Crippen molar-refractivity contribution in [3.8, 4) is 11.5 Å². The first-order valence-electron chi connectivity index (χ1n) is 12.3. The summed E-state index contributed by atoms with van der Waals surface area (Å²) < 4.78 is 5.94. The zero-order chi connectivity index (χ0) is 25.7. The van der Waals surface area contributed by atoms with Gasteiger partial charge in [0.1, 0.15) is 11.5 Å². The molecule has 0 aromatic heterocycles. The molecule has 2 unspecified atom stereocenters. The first kappa shape index (κ1) is 27.7. The molecule has 3 rings (SSSR count). The lowest BCUT2D eigenvalue weighted by atomic mass is 9.76. The molecule has 1 aliphatic rings. The average molecular weight is 465 g/mol. The van der Waals surface area contributed by atoms with Gasteiger partial charge in [0, 0.05) is 18.3 Å². The zero-order valence-corrected chi connectivity index (χ0v) is 22.8. The van der Waals surface area contributed by atoms with Crippen LogP contribution in [-0.4, -0.2) is 25.0 Å². The number of allylic oxidation sites excluding steroid dienone is 1. The van der Waals surface area contributed by atoms with E-state index in [2.05, 4.69) is 85.8 Å². The summed E-state index contributed by atoms with van der Waals surface area (Å²) >= 11 is 0. The fourth-order valence-electron chi connectivity index (χ4n) is 3.81. The number of nitrogens with zero attached hydrogens (tertiary/aromatic N) is 1. The van der Waals surface area contributed by atoms with Gasteiger partial charge in [0.25, 0.3) is 0 Å². The highest BCUT2D eigenvalue weighted by Gasteiger charge is 2.33. The molecule has 4 nitrogen and oxygen atoms in total. The number of hydrogen-bond acceptors (Lipinski definition) is 3. The highest BCUT2D eigenvalue weighted by atomic mass is 16.5. The third-order valence-corrected chi connectivity index (χ3v) is 6.20. The predicted octanol–water partition coefficient (Wildman–Crippen LogP) is 7.35. The molecule has 0 saturated heterocycles. The van der Waals surface area contributed by atoms with Gasteiger partial charge >= 0.3 is 0 Å². The SMILES string of the molecule is CC1=CC(C(=O)N(C)c2ccc(Oc3ccc(C(C)(C)C)cc3)cc2)C1C.CCNC(C)(C)C. The van der Waals surface area contributed by atoms with E-state index in [9.17, 15) is 4.79 Å². The van der Waals surface area contributed by atoms with Gasteiger partial charge in [-0.15, -0.1) is 0 Å². The monoisotopic (exact) mass is 464 g/mol. The third-order valence-electron chi connectivity index (χ3n) is 6.20. The molecule has 0 heterocycles. The molecule has 2 aromatic carbocycles. The minimum absolute atomic E-state index is 0.00717. The van der Waals surface area contributed by atoms with Crippen molar-refractivity contribution in [1.82, 2.24) is 5.32 Å². The molecule has 0 aliphatic heterocycles. The topological polar surface area (TPSA) is 41.6 Å². The Morgan fingerprint density at radius 1 is 0.941 bits per heavy atom. The van der Waals surface area contributed by atoms with E-state index in [4.69, 9.17) is 4.74 Å². The maximum atomic E-state index is 12.6. The zero-order valence-electron chi connectivity index (χ0n) is 22.8. The smallest absolute Gasteiger partial charge is 0.234 e. The third kappa shape index (κ3) is 7.73. The molecular weight excluding hydrogens is 420 g/mol. The molecule has 0 spiro atoms. The number of ether oxygens (including phenoxy) is 1. The number of rotatable bonds is 5. The number of hydrogen-bond donors (Lipinski definition) is 1. The molecule has 0 radical (unpaired) electrons. The molecule has 2 aromatic rings. The van der Waals surface area contributed by atoms with Crippen LogP contribution in [-0.2, 0) is 10.2 Å². The van der Waals surface area contributed by atoms with E-state index in [0.29, 0.717) is 11.5 Å². The Kier molecular flexibility index (Phi) is 9.13. The first-order chi connectivity index (χ1) is 15.7. The van der Waals surface area contributed by atoms with Crippen LogP contribution in [0.2, 0.25) is 0 Å². The van der Waals surface area contributed by atoms with Gasteiger partial charge in [-0.3, -0.25) is 4.79 Å². The molecule has 34 heavy (non-hydrogen) atoms. The summed E-state index contributed by atoms with van der Waals surface area (Å²) in [5.74, 6) is 2.03. The van der Waals surface area contributed by atoms with Crippen LogP contribution >= 0.6 is 0 Å². The molecule has 1 aliphatic carbocycles. The molecule has 0 saturated carbocycles. The largest absolute Gasteiger partial charge is 0.457 e. The van der Waals surface area contributed by atoms with Crippen molar-refractivity contribution in [2.24, 2.45) is 11.8 Å². The van der Waals surface area contributed by atoms with Crippen LogP contribution in [0.5, 0.6) is 11.5 Å². The van der Waals surface area contributed by atoms with Crippen LogP contribution in [0.4, 0.5) is 5.69 Å². The van der Waals surface area contributed by atoms with E-state index >= 15 is 0 Å². The van der Waals surface area contributed by atoms with E-state index in [-0.39, 0.29) is 17.2 Å². The fraction of sp³-hybridized carbons (Fsp3) is 0.500. The van der Waals surface area contributed by atoms with Crippen molar-refractivity contribution in [2.45, 2.75) is 73.3 Å². The fourth-order valence-corrected chi connectivity index (χ4v) is 3.81. The number of benzene rings is 2. The molecule has 0 bridgehead atoms. The first-order valence-corrected chi connectivity index (χ1v) is 12.3. The lowest BCUT2D eigenvalue weighted by Crippen LogP contribution is -2.39. The molecule has 1 amide bonds. The summed E-state index contributed by atoms with van der Waals surface area (Å²) in [4.78, 5) is 14.3. The molecule has 186 valence electrons. The van der Waals surface area contributed by atoms with Gasteiger partial charge in [0.2, 0.25) is 5.91 Å². The second-order valence-corrected chi connectivity index (χ2v) is 11.3. The standard InChI is InChI=1S/C24H29NO2.C6H15N/c1-16-15-22(17(16)2)23(26)25(6)19-9-13-21(14-10-19)27-20-11-7-18(8-12-20)24(3,4)5;1-5-7-6(2,3)4/h7-15,17,22H,1-6H3;7H,5H2,1-4H3. The van der Waals surface area contributed by atoms with Crippen LogP contribution in [0.25, 0.3) is 0 Å². The summed E-state index contributed by atoms with van der Waals surface area (Å²) in [7, 11) is 1.83. The van der Waals surface area contributed by atoms with Crippen molar-refractivity contribution < 1.29 is 9.53 Å². The van der Waals surface area contributed by atoms with E-state index in [1.807, 2.05) is 43.4 Å². The van der Waals surface area contributed by atoms with Gasteiger partial charge in [-0.05, 0) is 87.5 Å². The summed E-state index contributed by atoms with van der Waals surface area (Å²) in [6, 6.07) is 15.9. The second kappa shape index (κ2) is 11.2. The Balaban J connectivity index is 0.000000509. The van der Waals surface area contributed by atoms with Crippen molar-refractivity contribution >= 4 is 11.6 Å². The molecule has 0 fully saturated rings. The van der Waals surface area contributed by atoms with Crippen LogP contribution < -0.4 is 15.0 Å². The number of amides is 1. The lowest BCUT2D eigenvalue weighted by molar-refractivity contribution is -0.122. The van der Waals surface area contributed by atoms with Crippen molar-refractivity contribution in [1.29, 1.82) is 0 Å².